The average molecular weight is 857 g/mol. The van der Waals surface area contributed by atoms with E-state index >= 15 is 0 Å². The zero-order valence-electron chi connectivity index (χ0n) is 37.7. The van der Waals surface area contributed by atoms with Crippen molar-refractivity contribution in [3.63, 3.8) is 0 Å². The number of nitrogens with one attached hydrogen (secondary N) is 2. The van der Waals surface area contributed by atoms with Crippen molar-refractivity contribution >= 4 is 45.2 Å². The van der Waals surface area contributed by atoms with Gasteiger partial charge in [-0.2, -0.15) is 0 Å². The first-order chi connectivity index (χ1) is 30.4. The Hall–Kier alpha value is -7.60. The molecule has 0 saturated carbocycles. The van der Waals surface area contributed by atoms with Crippen molar-refractivity contribution in [2.45, 2.75) is 55.4 Å². The summed E-state index contributed by atoms with van der Waals surface area (Å²) in [5, 5.41) is 29.2. The van der Waals surface area contributed by atoms with Gasteiger partial charge < -0.3 is 20.8 Å². The highest BCUT2D eigenvalue weighted by atomic mass is 16.3. The van der Waals surface area contributed by atoms with Gasteiger partial charge >= 0.3 is 0 Å². The number of anilines is 2. The number of ketones is 2. The largest absolute Gasteiger partial charge is 0.504 e. The van der Waals surface area contributed by atoms with Gasteiger partial charge in [-0.15, -0.1) is 0 Å². The predicted octanol–water partition coefficient (Wildman–Crippen LogP) is 9.49. The second kappa shape index (κ2) is 16.3. The number of fused-ring (bicyclic) bond motifs is 2. The second-order valence-corrected chi connectivity index (χ2v) is 17.2. The Balaban J connectivity index is 1.28. The summed E-state index contributed by atoms with van der Waals surface area (Å²) >= 11 is 0. The summed E-state index contributed by atoms with van der Waals surface area (Å²) in [6.45, 7) is 15.3. The standard InChI is InChI=1S/C52H52N6O6/c1-27(2)43-39-21-29(5)35(23-37(39)41(47(59)49(43)61)25-53-45-31(7)55(9)57(51(45)63)33-17-13-11-14-18-33)36-24-38-40(22-30(36)6)44(28(3)4)50(62)48(60)42(38)26-54-46-32(8)56(10)58(52(46)64)34-19-15-12-16-20-34/h11-28,53-54,61-62H,1-10H3/b41-25-,42-26-. The molecular formula is C52H52N6O6. The van der Waals surface area contributed by atoms with Gasteiger partial charge in [0.15, 0.2) is 11.5 Å². The van der Waals surface area contributed by atoms with E-state index in [0.717, 1.165) is 22.3 Å². The molecule has 0 fully saturated rings. The maximum atomic E-state index is 14.2. The minimum Gasteiger partial charge on any atom is -0.504 e. The number of allylic oxidation sites excluding steroid dienone is 4. The van der Waals surface area contributed by atoms with Crippen LogP contribution in [0.1, 0.15) is 72.5 Å². The molecule has 12 nitrogen and oxygen atoms in total. The maximum Gasteiger partial charge on any atom is 0.295 e. The third-order valence-corrected chi connectivity index (χ3v) is 12.6. The van der Waals surface area contributed by atoms with E-state index < -0.39 is 11.6 Å². The average Bonchev–Trinajstić information content (AvgIpc) is 3.61. The van der Waals surface area contributed by atoms with Crippen LogP contribution in [0.15, 0.2) is 118 Å². The Kier molecular flexibility index (Phi) is 10.9. The lowest BCUT2D eigenvalue weighted by Crippen LogP contribution is -2.21. The Bertz CT molecular complexity index is 2990. The first-order valence-electron chi connectivity index (χ1n) is 21.3. The number of Topliss-reactive ketones (excluding diaryl/α,β-unsaturated/α-hetero) is 2. The Morgan fingerprint density at radius 2 is 0.844 bits per heavy atom. The van der Waals surface area contributed by atoms with Crippen LogP contribution >= 0.6 is 0 Å². The normalized spacial score (nSPS) is 15.2. The highest BCUT2D eigenvalue weighted by molar-refractivity contribution is 6.34. The molecule has 0 saturated heterocycles. The molecule has 2 aromatic heterocycles. The fraction of sp³-hybridized carbons (Fsp3) is 0.231. The summed E-state index contributed by atoms with van der Waals surface area (Å²) in [7, 11) is 3.58. The van der Waals surface area contributed by atoms with Gasteiger partial charge in [0.05, 0.1) is 22.8 Å². The zero-order valence-corrected chi connectivity index (χ0v) is 37.7. The van der Waals surface area contributed by atoms with Gasteiger partial charge in [0.1, 0.15) is 11.4 Å². The number of aryl methyl sites for hydroxylation is 2. The predicted molar refractivity (Wildman–Crippen MR) is 255 cm³/mol. The molecule has 4 aromatic carbocycles. The number of hydrogen-bond donors (Lipinski definition) is 4. The molecule has 0 aliphatic heterocycles. The molecular weight excluding hydrogens is 805 g/mol. The molecule has 2 heterocycles. The number of aromatic nitrogens is 4. The molecule has 0 atom stereocenters. The Morgan fingerprint density at radius 3 is 1.17 bits per heavy atom. The van der Waals surface area contributed by atoms with Crippen LogP contribution in [0.4, 0.5) is 11.4 Å². The molecule has 0 radical (unpaired) electrons. The summed E-state index contributed by atoms with van der Waals surface area (Å²) in [6, 6.07) is 26.3. The number of aliphatic hydroxyl groups is 2. The van der Waals surface area contributed by atoms with Gasteiger partial charge in [-0.25, -0.2) is 9.36 Å². The van der Waals surface area contributed by atoms with Crippen molar-refractivity contribution in [3.8, 4) is 22.5 Å². The van der Waals surface area contributed by atoms with Gasteiger partial charge in [-0.1, -0.05) is 76.2 Å². The number of benzene rings is 4. The topological polar surface area (TPSA) is 153 Å². The fourth-order valence-corrected chi connectivity index (χ4v) is 9.10. The highest BCUT2D eigenvalue weighted by Crippen LogP contribution is 2.45. The first kappa shape index (κ1) is 43.1. The van der Waals surface area contributed by atoms with Gasteiger partial charge in [0, 0.05) is 48.8 Å². The lowest BCUT2D eigenvalue weighted by atomic mass is 9.76. The molecule has 8 rings (SSSR count). The lowest BCUT2D eigenvalue weighted by Gasteiger charge is -2.28. The Labute approximate surface area is 371 Å². The third-order valence-electron chi connectivity index (χ3n) is 12.6. The van der Waals surface area contributed by atoms with E-state index in [1.54, 1.807) is 32.8 Å². The van der Waals surface area contributed by atoms with E-state index in [9.17, 15) is 29.4 Å². The molecule has 0 unspecified atom stereocenters. The summed E-state index contributed by atoms with van der Waals surface area (Å²) in [6.07, 6.45) is 2.99. The van der Waals surface area contributed by atoms with Crippen molar-refractivity contribution in [3.05, 3.63) is 174 Å². The van der Waals surface area contributed by atoms with E-state index in [1.165, 1.54) is 12.4 Å². The SMILES string of the molecule is Cc1cc2c(cc1-c1cc3c(cc1C)C(C(C)C)=C(O)C(=O)/C3=C\Nc1c(C)n(C)n(-c3ccccc3)c1=O)/C(=C/Nc1c(C)n(C)n(-c3ccccc3)c1=O)C(=O)C(O)=C2C(C)C. The number of aliphatic hydroxyl groups excluding tert-OH is 2. The van der Waals surface area contributed by atoms with Crippen molar-refractivity contribution in [2.75, 3.05) is 10.6 Å². The molecule has 2 aliphatic rings. The smallest absolute Gasteiger partial charge is 0.295 e. The summed E-state index contributed by atoms with van der Waals surface area (Å²) in [5.74, 6) is -2.26. The Morgan fingerprint density at radius 1 is 0.500 bits per heavy atom. The monoisotopic (exact) mass is 856 g/mol. The van der Waals surface area contributed by atoms with Gasteiger partial charge in [0.2, 0.25) is 11.6 Å². The van der Waals surface area contributed by atoms with Gasteiger partial charge in [-0.05, 0) is 120 Å². The fourth-order valence-electron chi connectivity index (χ4n) is 9.10. The minimum absolute atomic E-state index is 0.178. The van der Waals surface area contributed by atoms with Crippen molar-refractivity contribution in [2.24, 2.45) is 25.9 Å². The van der Waals surface area contributed by atoms with E-state index in [4.69, 9.17) is 0 Å². The van der Waals surface area contributed by atoms with Crippen LogP contribution in [-0.2, 0) is 23.7 Å². The summed E-state index contributed by atoms with van der Waals surface area (Å²) in [4.78, 5) is 56.2. The molecule has 4 N–H and O–H groups in total. The van der Waals surface area contributed by atoms with Crippen LogP contribution < -0.4 is 21.8 Å². The van der Waals surface area contributed by atoms with E-state index in [1.807, 2.05) is 140 Å². The third kappa shape index (κ3) is 6.86. The molecule has 2 aliphatic carbocycles. The number of carbonyl (C=O) groups excluding carboxylic acids is 2. The number of carbonyl (C=O) groups is 2. The van der Waals surface area contributed by atoms with E-state index in [-0.39, 0.29) is 57.0 Å². The molecule has 0 spiro atoms. The van der Waals surface area contributed by atoms with Crippen LogP contribution in [0.25, 0.3) is 44.8 Å². The quantitative estimate of drug-likeness (QED) is 0.105. The molecule has 0 bridgehead atoms. The number of hydrogen-bond acceptors (Lipinski definition) is 8. The molecule has 12 heteroatoms. The van der Waals surface area contributed by atoms with Crippen LogP contribution in [0.5, 0.6) is 0 Å². The van der Waals surface area contributed by atoms with Crippen molar-refractivity contribution in [1.82, 2.24) is 18.7 Å². The molecule has 64 heavy (non-hydrogen) atoms. The van der Waals surface area contributed by atoms with Crippen LogP contribution in [0, 0.1) is 39.5 Å². The van der Waals surface area contributed by atoms with Crippen LogP contribution in [0.3, 0.4) is 0 Å². The molecule has 0 amide bonds. The van der Waals surface area contributed by atoms with Crippen LogP contribution in [-0.4, -0.2) is 40.5 Å². The van der Waals surface area contributed by atoms with E-state index in [2.05, 4.69) is 10.6 Å². The zero-order chi connectivity index (χ0) is 46.0. The summed E-state index contributed by atoms with van der Waals surface area (Å²) < 4.78 is 6.58. The second-order valence-electron chi connectivity index (χ2n) is 17.2. The lowest BCUT2D eigenvalue weighted by molar-refractivity contribution is -0.113. The number of para-hydroxylation sites is 2. The van der Waals surface area contributed by atoms with Gasteiger partial charge in [-0.3, -0.25) is 28.5 Å². The summed E-state index contributed by atoms with van der Waals surface area (Å²) in [5.41, 5.74) is 9.78. The first-order valence-corrected chi connectivity index (χ1v) is 21.3. The van der Waals surface area contributed by atoms with Gasteiger partial charge in [0.25, 0.3) is 11.1 Å². The maximum absolute atomic E-state index is 14.2. The number of nitrogens with zero attached hydrogens (tertiary/aromatic N) is 4. The number of rotatable bonds is 9. The van der Waals surface area contributed by atoms with Crippen LogP contribution in [0.2, 0.25) is 0 Å². The van der Waals surface area contributed by atoms with Crippen molar-refractivity contribution in [1.29, 1.82) is 0 Å². The minimum atomic E-state index is -0.579. The molecule has 326 valence electrons. The molecule has 6 aromatic rings. The highest BCUT2D eigenvalue weighted by Gasteiger charge is 2.35. The van der Waals surface area contributed by atoms with E-state index in [0.29, 0.717) is 56.2 Å². The van der Waals surface area contributed by atoms with Crippen molar-refractivity contribution < 1.29 is 19.8 Å².